The Kier molecular flexibility index (Phi) is 10.4. The summed E-state index contributed by atoms with van der Waals surface area (Å²) in [5, 5.41) is 5.01. The molecule has 3 aromatic carbocycles. The molecule has 24 heavy (non-hydrogen) atoms. The van der Waals surface area contributed by atoms with E-state index < -0.39 is 0 Å². The number of hydrogen-bond acceptors (Lipinski definition) is 1. The summed E-state index contributed by atoms with van der Waals surface area (Å²) in [7, 11) is 1.72. The van der Waals surface area contributed by atoms with Gasteiger partial charge < -0.3 is 29.6 Å². The van der Waals surface area contributed by atoms with Gasteiger partial charge >= 0.3 is 26.2 Å². The standard InChI is InChI=1S/C14H11O.C6H7.2ClH.Zr/c1-15-13-8-4-6-11-9-10-5-2-3-7-12(10)14(11)13;1-6-4-2-3-5-6;;;/h2-9H,1H3;2,4H,3H2,1H3;2*1H;/q2*-1;;;+4/p-2. The van der Waals surface area contributed by atoms with Gasteiger partial charge in [-0.05, 0) is 6.07 Å². The number of ether oxygens (including phenoxy) is 1. The summed E-state index contributed by atoms with van der Waals surface area (Å²) in [4.78, 5) is 0. The second-order valence-corrected chi connectivity index (χ2v) is 5.12. The molecule has 0 amide bonds. The van der Waals surface area contributed by atoms with E-state index in [0.29, 0.717) is 0 Å². The first-order valence-electron chi connectivity index (χ1n) is 7.14. The van der Waals surface area contributed by atoms with Gasteiger partial charge in [0, 0.05) is 0 Å². The van der Waals surface area contributed by atoms with Crippen molar-refractivity contribution in [1.82, 2.24) is 0 Å². The fourth-order valence-electron chi connectivity index (χ4n) is 2.66. The van der Waals surface area contributed by atoms with E-state index in [1.54, 1.807) is 7.11 Å². The van der Waals surface area contributed by atoms with Crippen LogP contribution in [0.3, 0.4) is 0 Å². The molecule has 1 nitrogen and oxygen atoms in total. The van der Waals surface area contributed by atoms with Crippen LogP contribution in [-0.2, 0) is 26.2 Å². The smallest absolute Gasteiger partial charge is 1.00 e. The number of allylic oxidation sites excluding steroid dienone is 4. The van der Waals surface area contributed by atoms with Crippen LogP contribution in [0.1, 0.15) is 13.3 Å². The van der Waals surface area contributed by atoms with Gasteiger partial charge in [-0.3, -0.25) is 6.08 Å². The average molecular weight is 436 g/mol. The fourth-order valence-corrected chi connectivity index (χ4v) is 2.66. The third-order valence-electron chi connectivity index (χ3n) is 3.69. The monoisotopic (exact) mass is 434 g/mol. The molecule has 0 spiro atoms. The number of hydrogen-bond donors (Lipinski definition) is 0. The first kappa shape index (κ1) is 23.1. The molecule has 0 fully saturated rings. The van der Waals surface area contributed by atoms with Crippen LogP contribution in [0, 0.1) is 6.08 Å². The maximum absolute atomic E-state index is 5.39. The molecule has 0 aromatic heterocycles. The van der Waals surface area contributed by atoms with Gasteiger partial charge in [0.15, 0.2) is 0 Å². The van der Waals surface area contributed by atoms with Crippen LogP contribution in [0.5, 0.6) is 5.75 Å². The Morgan fingerprint density at radius 2 is 1.71 bits per heavy atom. The average Bonchev–Trinajstić information content (AvgIpc) is 3.13. The van der Waals surface area contributed by atoms with E-state index in [2.05, 4.69) is 61.5 Å². The first-order chi connectivity index (χ1) is 10.3. The summed E-state index contributed by atoms with van der Waals surface area (Å²) in [5.74, 6) is 0.952. The van der Waals surface area contributed by atoms with Crippen molar-refractivity contribution in [3.05, 3.63) is 72.3 Å². The maximum Gasteiger partial charge on any atom is 4.00 e. The van der Waals surface area contributed by atoms with Gasteiger partial charge in [0.05, 0.1) is 12.9 Å². The Bertz CT molecular complexity index is 831. The van der Waals surface area contributed by atoms with Crippen LogP contribution in [0.4, 0.5) is 0 Å². The SMILES string of the molecule is CC1=[C-]CC=C1.COc1cccc2[cH-]c3ccccc3c12.[Cl-].[Cl-].[Zr+4]. The second-order valence-electron chi connectivity index (χ2n) is 5.12. The molecule has 0 unspecified atom stereocenters. The van der Waals surface area contributed by atoms with Crippen molar-refractivity contribution < 1.29 is 55.8 Å². The van der Waals surface area contributed by atoms with Gasteiger partial charge in [-0.15, -0.1) is 40.8 Å². The van der Waals surface area contributed by atoms with Crippen molar-refractivity contribution in [3.8, 4) is 5.75 Å². The van der Waals surface area contributed by atoms with Crippen molar-refractivity contribution >= 4 is 21.5 Å². The number of halogens is 2. The molecule has 0 bridgehead atoms. The zero-order valence-corrected chi connectivity index (χ0v) is 17.6. The third kappa shape index (κ3) is 5.02. The quantitative estimate of drug-likeness (QED) is 0.464. The van der Waals surface area contributed by atoms with Gasteiger partial charge in [0.2, 0.25) is 0 Å². The summed E-state index contributed by atoms with van der Waals surface area (Å²) >= 11 is 0. The number of rotatable bonds is 1. The maximum atomic E-state index is 5.39. The van der Waals surface area contributed by atoms with Crippen LogP contribution >= 0.6 is 0 Å². The van der Waals surface area contributed by atoms with E-state index in [-0.39, 0.29) is 51.0 Å². The molecular formula is C20H18Cl2OZr. The largest absolute Gasteiger partial charge is 4.00 e. The zero-order chi connectivity index (χ0) is 14.7. The van der Waals surface area contributed by atoms with Gasteiger partial charge in [-0.2, -0.15) is 6.08 Å². The number of fused-ring (bicyclic) bond motifs is 3. The van der Waals surface area contributed by atoms with E-state index in [1.807, 2.05) is 12.1 Å². The zero-order valence-electron chi connectivity index (χ0n) is 13.6. The number of methoxy groups -OCH3 is 1. The Balaban J connectivity index is 0.000000511. The Morgan fingerprint density at radius 1 is 1.00 bits per heavy atom. The second kappa shape index (κ2) is 10.8. The topological polar surface area (TPSA) is 9.23 Å². The van der Waals surface area contributed by atoms with E-state index >= 15 is 0 Å². The molecule has 0 aliphatic heterocycles. The van der Waals surface area contributed by atoms with E-state index in [4.69, 9.17) is 4.74 Å². The number of benzene rings is 2. The molecular weight excluding hydrogens is 418 g/mol. The summed E-state index contributed by atoms with van der Waals surface area (Å²) < 4.78 is 5.39. The van der Waals surface area contributed by atoms with Gasteiger partial charge in [-0.25, -0.2) is 11.6 Å². The van der Waals surface area contributed by atoms with Crippen LogP contribution < -0.4 is 29.6 Å². The van der Waals surface area contributed by atoms with E-state index in [1.165, 1.54) is 27.1 Å². The predicted octanol–water partition coefficient (Wildman–Crippen LogP) is -0.578. The van der Waals surface area contributed by atoms with Crippen molar-refractivity contribution in [2.24, 2.45) is 0 Å². The van der Waals surface area contributed by atoms with Crippen LogP contribution in [0.25, 0.3) is 21.5 Å². The molecule has 0 saturated heterocycles. The molecule has 0 N–H and O–H groups in total. The minimum atomic E-state index is 0. The van der Waals surface area contributed by atoms with Gasteiger partial charge in [-0.1, -0.05) is 36.6 Å². The summed E-state index contributed by atoms with van der Waals surface area (Å²) in [6.07, 6.45) is 8.33. The molecule has 0 saturated carbocycles. The molecule has 122 valence electrons. The molecule has 0 heterocycles. The van der Waals surface area contributed by atoms with E-state index in [9.17, 15) is 0 Å². The fraction of sp³-hybridized carbons (Fsp3) is 0.150. The van der Waals surface area contributed by atoms with Crippen LogP contribution in [0.2, 0.25) is 0 Å². The van der Waals surface area contributed by atoms with Crippen molar-refractivity contribution in [1.29, 1.82) is 0 Å². The molecule has 1 aliphatic carbocycles. The normalized spacial score (nSPS) is 11.5. The molecule has 4 heteroatoms. The molecule has 4 rings (SSSR count). The van der Waals surface area contributed by atoms with Gasteiger partial charge in [0.1, 0.15) is 0 Å². The van der Waals surface area contributed by atoms with Crippen molar-refractivity contribution in [2.75, 3.05) is 7.11 Å². The molecule has 1 aliphatic rings. The van der Waals surface area contributed by atoms with E-state index in [0.717, 1.165) is 12.2 Å². The summed E-state index contributed by atoms with van der Waals surface area (Å²) in [6, 6.07) is 16.8. The predicted molar refractivity (Wildman–Crippen MR) is 89.8 cm³/mol. The van der Waals surface area contributed by atoms with Crippen LogP contribution in [-0.4, -0.2) is 7.11 Å². The van der Waals surface area contributed by atoms with Crippen molar-refractivity contribution in [3.63, 3.8) is 0 Å². The molecule has 0 atom stereocenters. The van der Waals surface area contributed by atoms with Gasteiger partial charge in [0.25, 0.3) is 0 Å². The Labute approximate surface area is 175 Å². The Hall–Kier alpha value is -0.947. The summed E-state index contributed by atoms with van der Waals surface area (Å²) in [6.45, 7) is 2.06. The third-order valence-corrected chi connectivity index (χ3v) is 3.69. The first-order valence-corrected chi connectivity index (χ1v) is 7.14. The molecule has 0 radical (unpaired) electrons. The van der Waals surface area contributed by atoms with Crippen LogP contribution in [0.15, 0.2) is 66.3 Å². The molecule has 3 aromatic rings. The Morgan fingerprint density at radius 3 is 2.29 bits per heavy atom. The summed E-state index contributed by atoms with van der Waals surface area (Å²) in [5.41, 5.74) is 1.27. The van der Waals surface area contributed by atoms with Crippen molar-refractivity contribution in [2.45, 2.75) is 13.3 Å². The minimum absolute atomic E-state index is 0. The minimum Gasteiger partial charge on any atom is -1.00 e.